The summed E-state index contributed by atoms with van der Waals surface area (Å²) in [6, 6.07) is 14.0. The molecule has 4 rings (SSSR count). The van der Waals surface area contributed by atoms with Crippen LogP contribution >= 0.6 is 46.7 Å². The number of nitrogens with zero attached hydrogens (tertiary/aromatic N) is 3. The van der Waals surface area contributed by atoms with Crippen LogP contribution in [0.1, 0.15) is 0 Å². The summed E-state index contributed by atoms with van der Waals surface area (Å²) in [4.78, 5) is 16.5. The quantitative estimate of drug-likeness (QED) is 0.348. The first kappa shape index (κ1) is 18.2. The zero-order chi connectivity index (χ0) is 18.8. The number of thioether (sulfide) groups is 1. The van der Waals surface area contributed by atoms with Gasteiger partial charge in [0.1, 0.15) is 5.82 Å². The van der Waals surface area contributed by atoms with Crippen molar-refractivity contribution in [2.75, 3.05) is 11.1 Å². The number of nitrogens with one attached hydrogen (secondary N) is 1. The van der Waals surface area contributed by atoms with Crippen LogP contribution in [0.2, 0.25) is 0 Å². The summed E-state index contributed by atoms with van der Waals surface area (Å²) in [6.07, 6.45) is 0. The summed E-state index contributed by atoms with van der Waals surface area (Å²) in [5.41, 5.74) is 1.54. The molecule has 1 N–H and O–H groups in total. The number of fused-ring (bicyclic) bond motifs is 1. The van der Waals surface area contributed by atoms with Crippen LogP contribution in [0.3, 0.4) is 0 Å². The maximum Gasteiger partial charge on any atom is 0.236 e. The fourth-order valence-corrected chi connectivity index (χ4v) is 5.35. The van der Waals surface area contributed by atoms with Crippen molar-refractivity contribution in [1.29, 1.82) is 0 Å². The standard InChI is InChI=1S/C17H11FN4OS4/c18-10-6-7-12-13(8-10)26-15(19-12)20-14(23)9-25-16-21-22(17(24)27-16)11-4-2-1-3-5-11/h1-8H,9H2,(H,19,20,23). The number of aromatic nitrogens is 3. The Labute approximate surface area is 170 Å². The van der Waals surface area contributed by atoms with Crippen LogP contribution in [0.5, 0.6) is 0 Å². The van der Waals surface area contributed by atoms with Gasteiger partial charge < -0.3 is 5.32 Å². The number of rotatable bonds is 5. The third-order valence-corrected chi connectivity index (χ3v) is 6.75. The Morgan fingerprint density at radius 2 is 2.04 bits per heavy atom. The van der Waals surface area contributed by atoms with Gasteiger partial charge in [0.05, 0.1) is 21.7 Å². The molecule has 0 saturated carbocycles. The van der Waals surface area contributed by atoms with Crippen LogP contribution in [-0.4, -0.2) is 26.4 Å². The molecule has 136 valence electrons. The molecule has 2 aromatic carbocycles. The molecule has 0 unspecified atom stereocenters. The number of para-hydroxylation sites is 1. The molecule has 0 saturated heterocycles. The Morgan fingerprint density at radius 1 is 1.22 bits per heavy atom. The second-order valence-corrected chi connectivity index (χ2v) is 9.22. The van der Waals surface area contributed by atoms with Crippen molar-refractivity contribution >= 4 is 67.9 Å². The van der Waals surface area contributed by atoms with Crippen LogP contribution in [0, 0.1) is 9.77 Å². The monoisotopic (exact) mass is 434 g/mol. The second kappa shape index (κ2) is 7.85. The highest BCUT2D eigenvalue weighted by molar-refractivity contribution is 8.01. The van der Waals surface area contributed by atoms with Crippen molar-refractivity contribution in [3.05, 3.63) is 58.3 Å². The lowest BCUT2D eigenvalue weighted by Gasteiger charge is -2.00. The van der Waals surface area contributed by atoms with E-state index in [9.17, 15) is 9.18 Å². The lowest BCUT2D eigenvalue weighted by atomic mass is 10.3. The number of hydrogen-bond acceptors (Lipinski definition) is 7. The van der Waals surface area contributed by atoms with Crippen molar-refractivity contribution in [1.82, 2.24) is 14.8 Å². The first-order valence-corrected chi connectivity index (χ1v) is 10.8. The number of carbonyl (C=O) groups is 1. The number of thiazole rings is 1. The molecule has 0 bridgehead atoms. The minimum atomic E-state index is -0.324. The van der Waals surface area contributed by atoms with E-state index >= 15 is 0 Å². The molecular formula is C17H11FN4OS4. The molecule has 0 atom stereocenters. The first-order valence-electron chi connectivity index (χ1n) is 7.73. The maximum atomic E-state index is 13.2. The summed E-state index contributed by atoms with van der Waals surface area (Å²) in [7, 11) is 0. The summed E-state index contributed by atoms with van der Waals surface area (Å²) in [5, 5.41) is 7.65. The van der Waals surface area contributed by atoms with Crippen molar-refractivity contribution in [3.8, 4) is 5.69 Å². The van der Waals surface area contributed by atoms with E-state index in [0.29, 0.717) is 23.6 Å². The molecular weight excluding hydrogens is 423 g/mol. The molecule has 0 aliphatic heterocycles. The molecule has 0 radical (unpaired) electrons. The molecule has 0 aliphatic carbocycles. The van der Waals surface area contributed by atoms with Crippen LogP contribution in [0.4, 0.5) is 9.52 Å². The van der Waals surface area contributed by atoms with E-state index in [1.165, 1.54) is 46.6 Å². The highest BCUT2D eigenvalue weighted by Crippen LogP contribution is 2.27. The van der Waals surface area contributed by atoms with Gasteiger partial charge in [-0.25, -0.2) is 14.1 Å². The Kier molecular flexibility index (Phi) is 5.30. The Bertz CT molecular complexity index is 1170. The average molecular weight is 435 g/mol. The molecule has 2 aromatic heterocycles. The highest BCUT2D eigenvalue weighted by atomic mass is 32.2. The summed E-state index contributed by atoms with van der Waals surface area (Å²) in [6.45, 7) is 0. The topological polar surface area (TPSA) is 59.8 Å². The summed E-state index contributed by atoms with van der Waals surface area (Å²) in [5.74, 6) is -0.344. The van der Waals surface area contributed by atoms with Crippen molar-refractivity contribution < 1.29 is 9.18 Å². The van der Waals surface area contributed by atoms with Gasteiger partial charge in [-0.1, -0.05) is 52.6 Å². The molecule has 0 spiro atoms. The van der Waals surface area contributed by atoms with Gasteiger partial charge in [0, 0.05) is 0 Å². The number of halogens is 1. The number of anilines is 1. The van der Waals surface area contributed by atoms with E-state index < -0.39 is 0 Å². The SMILES string of the molecule is O=C(CSc1nn(-c2ccccc2)c(=S)s1)Nc1nc2ccc(F)cc2s1. The number of carbonyl (C=O) groups excluding carboxylic acids is 1. The number of benzene rings is 2. The van der Waals surface area contributed by atoms with Crippen molar-refractivity contribution in [3.63, 3.8) is 0 Å². The second-order valence-electron chi connectivity index (χ2n) is 5.35. The highest BCUT2D eigenvalue weighted by Gasteiger charge is 2.12. The van der Waals surface area contributed by atoms with Crippen LogP contribution < -0.4 is 5.32 Å². The average Bonchev–Trinajstić information content (AvgIpc) is 3.23. The van der Waals surface area contributed by atoms with E-state index in [-0.39, 0.29) is 17.5 Å². The van der Waals surface area contributed by atoms with Crippen LogP contribution in [0.25, 0.3) is 15.9 Å². The Morgan fingerprint density at radius 3 is 2.85 bits per heavy atom. The van der Waals surface area contributed by atoms with Gasteiger partial charge in [-0.15, -0.1) is 5.10 Å². The third-order valence-electron chi connectivity index (χ3n) is 3.45. The molecule has 1 amide bonds. The molecule has 0 aliphatic rings. The molecule has 10 heteroatoms. The molecule has 27 heavy (non-hydrogen) atoms. The fourth-order valence-electron chi connectivity index (χ4n) is 2.29. The van der Waals surface area contributed by atoms with Crippen molar-refractivity contribution in [2.45, 2.75) is 4.34 Å². The smallest absolute Gasteiger partial charge is 0.236 e. The van der Waals surface area contributed by atoms with E-state index in [0.717, 1.165) is 5.69 Å². The minimum absolute atomic E-state index is 0.182. The van der Waals surface area contributed by atoms with Crippen LogP contribution in [-0.2, 0) is 4.79 Å². The summed E-state index contributed by atoms with van der Waals surface area (Å²) >= 11 is 9.26. The molecule has 2 heterocycles. The van der Waals surface area contributed by atoms with Gasteiger partial charge in [-0.2, -0.15) is 0 Å². The van der Waals surface area contributed by atoms with Gasteiger partial charge in [0.15, 0.2) is 13.4 Å². The predicted molar refractivity (Wildman–Crippen MR) is 111 cm³/mol. The normalized spacial score (nSPS) is 11.0. The lowest BCUT2D eigenvalue weighted by Crippen LogP contribution is -2.13. The third kappa shape index (κ3) is 4.24. The number of hydrogen-bond donors (Lipinski definition) is 1. The Hall–Kier alpha value is -2.14. The number of amides is 1. The predicted octanol–water partition coefficient (Wildman–Crippen LogP) is 5.14. The van der Waals surface area contributed by atoms with Crippen LogP contribution in [0.15, 0.2) is 52.9 Å². The van der Waals surface area contributed by atoms with Gasteiger partial charge in [-0.05, 0) is 42.5 Å². The minimum Gasteiger partial charge on any atom is -0.301 e. The lowest BCUT2D eigenvalue weighted by molar-refractivity contribution is -0.113. The van der Waals surface area contributed by atoms with E-state index in [1.54, 1.807) is 10.7 Å². The first-order chi connectivity index (χ1) is 13.1. The molecule has 5 nitrogen and oxygen atoms in total. The molecule has 4 aromatic rings. The fraction of sp³-hybridized carbons (Fsp3) is 0.0588. The van der Waals surface area contributed by atoms with Gasteiger partial charge in [0.2, 0.25) is 5.91 Å². The van der Waals surface area contributed by atoms with Gasteiger partial charge >= 0.3 is 0 Å². The van der Waals surface area contributed by atoms with E-state index in [4.69, 9.17) is 12.2 Å². The van der Waals surface area contributed by atoms with E-state index in [1.807, 2.05) is 30.3 Å². The zero-order valence-electron chi connectivity index (χ0n) is 13.6. The zero-order valence-corrected chi connectivity index (χ0v) is 16.9. The molecule has 0 fully saturated rings. The Balaban J connectivity index is 1.41. The summed E-state index contributed by atoms with van der Waals surface area (Å²) < 4.78 is 17.0. The van der Waals surface area contributed by atoms with E-state index in [2.05, 4.69) is 15.4 Å². The largest absolute Gasteiger partial charge is 0.301 e. The van der Waals surface area contributed by atoms with Gasteiger partial charge in [0.25, 0.3) is 0 Å². The maximum absolute atomic E-state index is 13.2. The van der Waals surface area contributed by atoms with Gasteiger partial charge in [-0.3, -0.25) is 4.79 Å². The van der Waals surface area contributed by atoms with Crippen molar-refractivity contribution in [2.24, 2.45) is 0 Å².